The number of hydrogen-bond acceptors (Lipinski definition) is 5. The molecule has 5 nitrogen and oxygen atoms in total. The summed E-state index contributed by atoms with van der Waals surface area (Å²) in [4.78, 5) is 4.39. The summed E-state index contributed by atoms with van der Waals surface area (Å²) in [5.74, 6) is 0.446. The predicted octanol–water partition coefficient (Wildman–Crippen LogP) is 0.649. The normalized spacial score (nSPS) is 24.8. The topological polar surface area (TPSA) is 71.1 Å². The molecule has 0 aromatic carbocycles. The highest BCUT2D eigenvalue weighted by Gasteiger charge is 2.30. The van der Waals surface area contributed by atoms with E-state index in [0.29, 0.717) is 5.82 Å². The maximum absolute atomic E-state index is 11.6. The SMILES string of the molecule is CC1(Nc2ncccc2S(C)(=O)=O)CCNC1. The van der Waals surface area contributed by atoms with Crippen LogP contribution in [0.3, 0.4) is 0 Å². The summed E-state index contributed by atoms with van der Waals surface area (Å²) >= 11 is 0. The lowest BCUT2D eigenvalue weighted by Crippen LogP contribution is -2.37. The molecule has 1 aliphatic rings. The standard InChI is InChI=1S/C11H17N3O2S/c1-11(5-7-12-8-11)14-10-9(17(2,15)16)4-3-6-13-10/h3-4,6,12H,5,7-8H2,1-2H3,(H,13,14). The molecule has 1 unspecified atom stereocenters. The van der Waals surface area contributed by atoms with Crippen molar-refractivity contribution in [3.05, 3.63) is 18.3 Å². The van der Waals surface area contributed by atoms with Gasteiger partial charge in [-0.25, -0.2) is 13.4 Å². The summed E-state index contributed by atoms with van der Waals surface area (Å²) in [6.07, 6.45) is 3.75. The first kappa shape index (κ1) is 12.3. The van der Waals surface area contributed by atoms with E-state index in [2.05, 4.69) is 22.5 Å². The third-order valence-corrected chi connectivity index (χ3v) is 4.09. The zero-order chi connectivity index (χ0) is 12.5. The van der Waals surface area contributed by atoms with Gasteiger partial charge in [0, 0.05) is 24.5 Å². The Morgan fingerprint density at radius 3 is 2.88 bits per heavy atom. The average molecular weight is 255 g/mol. The zero-order valence-corrected chi connectivity index (χ0v) is 10.8. The van der Waals surface area contributed by atoms with E-state index in [1.54, 1.807) is 18.3 Å². The van der Waals surface area contributed by atoms with Gasteiger partial charge in [0.15, 0.2) is 9.84 Å². The van der Waals surface area contributed by atoms with Gasteiger partial charge in [-0.2, -0.15) is 0 Å². The molecule has 1 saturated heterocycles. The van der Waals surface area contributed by atoms with E-state index in [-0.39, 0.29) is 10.4 Å². The summed E-state index contributed by atoms with van der Waals surface area (Å²) in [6.45, 7) is 3.81. The third kappa shape index (κ3) is 2.76. The van der Waals surface area contributed by atoms with Crippen molar-refractivity contribution in [3.8, 4) is 0 Å². The molecule has 2 rings (SSSR count). The average Bonchev–Trinajstić information content (AvgIpc) is 2.64. The summed E-state index contributed by atoms with van der Waals surface area (Å²) in [5.41, 5.74) is -0.131. The quantitative estimate of drug-likeness (QED) is 0.830. The number of nitrogens with one attached hydrogen (secondary N) is 2. The molecule has 0 spiro atoms. The van der Waals surface area contributed by atoms with Crippen molar-refractivity contribution in [1.82, 2.24) is 10.3 Å². The zero-order valence-electron chi connectivity index (χ0n) is 10.0. The Hall–Kier alpha value is -1.14. The van der Waals surface area contributed by atoms with Crippen molar-refractivity contribution in [2.75, 3.05) is 24.7 Å². The first-order chi connectivity index (χ1) is 7.91. The van der Waals surface area contributed by atoms with Crippen LogP contribution in [0, 0.1) is 0 Å². The lowest BCUT2D eigenvalue weighted by atomic mass is 10.0. The van der Waals surface area contributed by atoms with Gasteiger partial charge in [0.05, 0.1) is 0 Å². The largest absolute Gasteiger partial charge is 0.363 e. The molecule has 1 fully saturated rings. The molecule has 6 heteroatoms. The molecule has 1 aliphatic heterocycles. The van der Waals surface area contributed by atoms with E-state index in [0.717, 1.165) is 19.5 Å². The second kappa shape index (κ2) is 4.27. The van der Waals surface area contributed by atoms with Crippen molar-refractivity contribution in [2.24, 2.45) is 0 Å². The number of hydrogen-bond donors (Lipinski definition) is 2. The maximum Gasteiger partial charge on any atom is 0.179 e. The van der Waals surface area contributed by atoms with E-state index in [1.165, 1.54) is 6.26 Å². The molecule has 0 aliphatic carbocycles. The lowest BCUT2D eigenvalue weighted by Gasteiger charge is -2.26. The third-order valence-electron chi connectivity index (χ3n) is 2.96. The highest BCUT2D eigenvalue weighted by molar-refractivity contribution is 7.90. The Morgan fingerprint density at radius 2 is 2.29 bits per heavy atom. The molecule has 1 atom stereocenters. The molecule has 2 N–H and O–H groups in total. The minimum Gasteiger partial charge on any atom is -0.363 e. The molecule has 0 radical (unpaired) electrons. The first-order valence-electron chi connectivity index (χ1n) is 5.55. The fraction of sp³-hybridized carbons (Fsp3) is 0.545. The number of sulfone groups is 1. The van der Waals surface area contributed by atoms with E-state index in [4.69, 9.17) is 0 Å². The molecule has 0 saturated carbocycles. The Labute approximate surface area is 102 Å². The van der Waals surface area contributed by atoms with E-state index >= 15 is 0 Å². The van der Waals surface area contributed by atoms with Gasteiger partial charge in [-0.1, -0.05) is 0 Å². The van der Waals surface area contributed by atoms with Crippen molar-refractivity contribution >= 4 is 15.7 Å². The Morgan fingerprint density at radius 1 is 1.53 bits per heavy atom. The monoisotopic (exact) mass is 255 g/mol. The molecule has 2 heterocycles. The Kier molecular flexibility index (Phi) is 3.09. The van der Waals surface area contributed by atoms with E-state index in [1.807, 2.05) is 0 Å². The van der Waals surface area contributed by atoms with E-state index in [9.17, 15) is 8.42 Å². The number of anilines is 1. The predicted molar refractivity (Wildman–Crippen MR) is 66.9 cm³/mol. The summed E-state index contributed by atoms with van der Waals surface area (Å²) in [7, 11) is -3.25. The number of pyridine rings is 1. The van der Waals surface area contributed by atoms with Crippen LogP contribution < -0.4 is 10.6 Å². The molecule has 0 amide bonds. The fourth-order valence-electron chi connectivity index (χ4n) is 1.99. The van der Waals surface area contributed by atoms with Crippen LogP contribution in [-0.2, 0) is 9.84 Å². The Balaban J connectivity index is 2.33. The fourth-order valence-corrected chi connectivity index (χ4v) is 2.77. The van der Waals surface area contributed by atoms with Crippen LogP contribution in [-0.4, -0.2) is 38.3 Å². The second-order valence-electron chi connectivity index (χ2n) is 4.73. The molecular weight excluding hydrogens is 238 g/mol. The summed E-state index contributed by atoms with van der Waals surface area (Å²) < 4.78 is 23.3. The Bertz CT molecular complexity index is 507. The van der Waals surface area contributed by atoms with Crippen molar-refractivity contribution in [1.29, 1.82) is 0 Å². The minimum absolute atomic E-state index is 0.131. The van der Waals surface area contributed by atoms with Gasteiger partial charge in [0.1, 0.15) is 10.7 Å². The van der Waals surface area contributed by atoms with Crippen molar-refractivity contribution in [3.63, 3.8) is 0 Å². The number of aromatic nitrogens is 1. The lowest BCUT2D eigenvalue weighted by molar-refractivity contribution is 0.561. The molecule has 0 bridgehead atoms. The number of nitrogens with zero attached hydrogens (tertiary/aromatic N) is 1. The molecule has 17 heavy (non-hydrogen) atoms. The van der Waals surface area contributed by atoms with Crippen LogP contribution in [0.5, 0.6) is 0 Å². The van der Waals surface area contributed by atoms with Crippen LogP contribution in [0.15, 0.2) is 23.2 Å². The van der Waals surface area contributed by atoms with Gasteiger partial charge in [-0.15, -0.1) is 0 Å². The van der Waals surface area contributed by atoms with Crippen LogP contribution in [0.1, 0.15) is 13.3 Å². The highest BCUT2D eigenvalue weighted by Crippen LogP contribution is 2.24. The van der Waals surface area contributed by atoms with Gasteiger partial charge in [-0.05, 0) is 32.0 Å². The summed E-state index contributed by atoms with van der Waals surface area (Å²) in [5, 5.41) is 6.49. The highest BCUT2D eigenvalue weighted by atomic mass is 32.2. The molecular formula is C11H17N3O2S. The second-order valence-corrected chi connectivity index (χ2v) is 6.72. The first-order valence-corrected chi connectivity index (χ1v) is 7.44. The molecule has 94 valence electrons. The van der Waals surface area contributed by atoms with Crippen molar-refractivity contribution < 1.29 is 8.42 Å². The van der Waals surface area contributed by atoms with Crippen molar-refractivity contribution in [2.45, 2.75) is 23.8 Å². The summed E-state index contributed by atoms with van der Waals surface area (Å²) in [6, 6.07) is 3.22. The van der Waals surface area contributed by atoms with Crippen LogP contribution in [0.25, 0.3) is 0 Å². The minimum atomic E-state index is -3.25. The van der Waals surface area contributed by atoms with Crippen LogP contribution in [0.4, 0.5) is 5.82 Å². The van der Waals surface area contributed by atoms with Gasteiger partial charge in [-0.3, -0.25) is 0 Å². The van der Waals surface area contributed by atoms with Crippen LogP contribution >= 0.6 is 0 Å². The molecule has 1 aromatic heterocycles. The van der Waals surface area contributed by atoms with Gasteiger partial charge < -0.3 is 10.6 Å². The maximum atomic E-state index is 11.6. The van der Waals surface area contributed by atoms with Gasteiger partial charge >= 0.3 is 0 Å². The van der Waals surface area contributed by atoms with E-state index < -0.39 is 9.84 Å². The smallest absolute Gasteiger partial charge is 0.179 e. The van der Waals surface area contributed by atoms with Crippen LogP contribution in [0.2, 0.25) is 0 Å². The molecule has 1 aromatic rings. The van der Waals surface area contributed by atoms with Gasteiger partial charge in [0.2, 0.25) is 0 Å². The van der Waals surface area contributed by atoms with Gasteiger partial charge in [0.25, 0.3) is 0 Å². The number of rotatable bonds is 3.